The number of hydrogen-bond acceptors (Lipinski definition) is 3. The Morgan fingerprint density at radius 1 is 1.15 bits per heavy atom. The molecule has 2 rings (SSSR count). The maximum atomic E-state index is 12.6. The molecule has 1 atom stereocenters. The lowest BCUT2D eigenvalue weighted by Crippen LogP contribution is -2.55. The minimum atomic E-state index is 0.0476. The molecule has 0 aromatic rings. The molecule has 6 nitrogen and oxygen atoms in total. The summed E-state index contributed by atoms with van der Waals surface area (Å²) >= 11 is 0. The van der Waals surface area contributed by atoms with Crippen molar-refractivity contribution in [2.75, 3.05) is 46.8 Å². The van der Waals surface area contributed by atoms with Crippen molar-refractivity contribution in [1.82, 2.24) is 20.0 Å². The van der Waals surface area contributed by atoms with Gasteiger partial charge < -0.3 is 20.0 Å². The van der Waals surface area contributed by atoms with Crippen LogP contribution < -0.4 is 5.32 Å². The molecule has 0 aromatic carbocycles. The second-order valence-electron chi connectivity index (χ2n) is 6.02. The molecule has 2 fully saturated rings. The maximum absolute atomic E-state index is 12.6. The zero-order valence-electron chi connectivity index (χ0n) is 12.8. The van der Waals surface area contributed by atoms with Crippen LogP contribution in [0.15, 0.2) is 0 Å². The van der Waals surface area contributed by atoms with E-state index in [0.29, 0.717) is 13.1 Å². The van der Waals surface area contributed by atoms with Crippen LogP contribution in [0.1, 0.15) is 19.8 Å². The summed E-state index contributed by atoms with van der Waals surface area (Å²) in [5.41, 5.74) is 0. The van der Waals surface area contributed by atoms with E-state index < -0.39 is 0 Å². The van der Waals surface area contributed by atoms with Gasteiger partial charge in [0.05, 0.1) is 0 Å². The molecule has 0 saturated carbocycles. The van der Waals surface area contributed by atoms with Crippen LogP contribution >= 0.6 is 0 Å². The molecule has 1 N–H and O–H groups in total. The summed E-state index contributed by atoms with van der Waals surface area (Å²) in [5, 5.41) is 3.30. The van der Waals surface area contributed by atoms with Gasteiger partial charge in [-0.1, -0.05) is 0 Å². The van der Waals surface area contributed by atoms with E-state index in [1.165, 1.54) is 0 Å². The van der Waals surface area contributed by atoms with Gasteiger partial charge in [-0.15, -0.1) is 0 Å². The summed E-state index contributed by atoms with van der Waals surface area (Å²) in [4.78, 5) is 29.9. The number of nitrogens with one attached hydrogen (secondary N) is 1. The molecule has 114 valence electrons. The molecule has 0 bridgehead atoms. The Kier molecular flexibility index (Phi) is 4.86. The molecular formula is C14H26N4O2. The number of hydrogen-bond donors (Lipinski definition) is 1. The fraction of sp³-hybridized carbons (Fsp3) is 0.857. The van der Waals surface area contributed by atoms with Gasteiger partial charge in [-0.25, -0.2) is 4.79 Å². The largest absolute Gasteiger partial charge is 0.337 e. The molecule has 3 amide bonds. The molecule has 0 aromatic heterocycles. The Labute approximate surface area is 121 Å². The van der Waals surface area contributed by atoms with Crippen LogP contribution in [0.25, 0.3) is 0 Å². The van der Waals surface area contributed by atoms with Gasteiger partial charge in [0.15, 0.2) is 0 Å². The molecule has 0 aliphatic carbocycles. The smallest absolute Gasteiger partial charge is 0.319 e. The van der Waals surface area contributed by atoms with Crippen molar-refractivity contribution in [2.24, 2.45) is 5.92 Å². The van der Waals surface area contributed by atoms with Crippen molar-refractivity contribution in [3.63, 3.8) is 0 Å². The third-order valence-electron chi connectivity index (χ3n) is 4.28. The van der Waals surface area contributed by atoms with Crippen LogP contribution in [0, 0.1) is 5.92 Å². The van der Waals surface area contributed by atoms with Crippen molar-refractivity contribution >= 4 is 11.9 Å². The topological polar surface area (TPSA) is 55.9 Å². The van der Waals surface area contributed by atoms with Crippen LogP contribution in [0.3, 0.4) is 0 Å². The van der Waals surface area contributed by atoms with Gasteiger partial charge in [0.25, 0.3) is 0 Å². The van der Waals surface area contributed by atoms with E-state index in [0.717, 1.165) is 32.5 Å². The summed E-state index contributed by atoms with van der Waals surface area (Å²) in [6, 6.07) is 0.323. The van der Waals surface area contributed by atoms with Gasteiger partial charge in [0.1, 0.15) is 0 Å². The van der Waals surface area contributed by atoms with Gasteiger partial charge in [-0.3, -0.25) is 4.79 Å². The number of carbonyl (C=O) groups is 2. The van der Waals surface area contributed by atoms with Crippen LogP contribution in [-0.4, -0.2) is 79.5 Å². The molecule has 0 spiro atoms. The SMILES string of the molecule is C[C@@H]1CNCCN1C(=O)C1CCN(C(=O)N(C)C)CC1. The van der Waals surface area contributed by atoms with Gasteiger partial charge in [0.2, 0.25) is 5.91 Å². The number of piperazine rings is 1. The summed E-state index contributed by atoms with van der Waals surface area (Å²) < 4.78 is 0. The van der Waals surface area contributed by atoms with Crippen molar-refractivity contribution in [3.8, 4) is 0 Å². The minimum absolute atomic E-state index is 0.0476. The lowest BCUT2D eigenvalue weighted by Gasteiger charge is -2.39. The third kappa shape index (κ3) is 3.23. The number of nitrogens with zero attached hydrogens (tertiary/aromatic N) is 3. The van der Waals surface area contributed by atoms with Gasteiger partial charge in [0, 0.05) is 58.8 Å². The van der Waals surface area contributed by atoms with E-state index in [2.05, 4.69) is 12.2 Å². The first kappa shape index (κ1) is 15.1. The number of amides is 3. The average Bonchev–Trinajstić information content (AvgIpc) is 2.46. The molecule has 6 heteroatoms. The first-order valence-electron chi connectivity index (χ1n) is 7.48. The van der Waals surface area contributed by atoms with Gasteiger partial charge >= 0.3 is 6.03 Å². The predicted octanol–water partition coefficient (Wildman–Crippen LogP) is 0.200. The number of carbonyl (C=O) groups excluding carboxylic acids is 2. The highest BCUT2D eigenvalue weighted by molar-refractivity contribution is 5.80. The Morgan fingerprint density at radius 2 is 1.80 bits per heavy atom. The molecule has 2 aliphatic rings. The van der Waals surface area contributed by atoms with E-state index in [-0.39, 0.29) is 23.9 Å². The molecule has 0 radical (unpaired) electrons. The highest BCUT2D eigenvalue weighted by Crippen LogP contribution is 2.21. The molecular weight excluding hydrogens is 256 g/mol. The standard InChI is InChI=1S/C14H26N4O2/c1-11-10-15-6-9-18(11)13(19)12-4-7-17(8-5-12)14(20)16(2)3/h11-12,15H,4-10H2,1-3H3/t11-/m1/s1. The Hall–Kier alpha value is -1.30. The first-order valence-corrected chi connectivity index (χ1v) is 7.48. The van der Waals surface area contributed by atoms with E-state index >= 15 is 0 Å². The summed E-state index contributed by atoms with van der Waals surface area (Å²) in [6.45, 7) is 6.03. The fourth-order valence-electron chi connectivity index (χ4n) is 3.00. The quantitative estimate of drug-likeness (QED) is 0.747. The number of rotatable bonds is 1. The lowest BCUT2D eigenvalue weighted by molar-refractivity contribution is -0.139. The predicted molar refractivity (Wildman–Crippen MR) is 77.4 cm³/mol. The average molecular weight is 282 g/mol. The molecule has 20 heavy (non-hydrogen) atoms. The Morgan fingerprint density at radius 3 is 2.35 bits per heavy atom. The Balaban J connectivity index is 1.87. The summed E-state index contributed by atoms with van der Waals surface area (Å²) in [5.74, 6) is 0.359. The normalized spacial score (nSPS) is 24.6. The van der Waals surface area contributed by atoms with Crippen LogP contribution in [0.4, 0.5) is 4.79 Å². The van der Waals surface area contributed by atoms with Gasteiger partial charge in [-0.05, 0) is 19.8 Å². The number of urea groups is 1. The lowest BCUT2D eigenvalue weighted by atomic mass is 9.94. The van der Waals surface area contributed by atoms with Gasteiger partial charge in [-0.2, -0.15) is 0 Å². The highest BCUT2D eigenvalue weighted by Gasteiger charge is 2.33. The number of likely N-dealkylation sites (tertiary alicyclic amines) is 1. The van der Waals surface area contributed by atoms with Crippen molar-refractivity contribution in [3.05, 3.63) is 0 Å². The van der Waals surface area contributed by atoms with Crippen molar-refractivity contribution in [2.45, 2.75) is 25.8 Å². The van der Waals surface area contributed by atoms with E-state index in [1.54, 1.807) is 19.0 Å². The second kappa shape index (κ2) is 6.43. The monoisotopic (exact) mass is 282 g/mol. The molecule has 0 unspecified atom stereocenters. The maximum Gasteiger partial charge on any atom is 0.319 e. The Bertz CT molecular complexity index is 364. The van der Waals surface area contributed by atoms with Crippen LogP contribution in [0.2, 0.25) is 0 Å². The highest BCUT2D eigenvalue weighted by atomic mass is 16.2. The van der Waals surface area contributed by atoms with Crippen LogP contribution in [-0.2, 0) is 4.79 Å². The zero-order chi connectivity index (χ0) is 14.7. The molecule has 2 saturated heterocycles. The fourth-order valence-corrected chi connectivity index (χ4v) is 3.00. The number of piperidine rings is 1. The minimum Gasteiger partial charge on any atom is -0.337 e. The molecule has 2 heterocycles. The van der Waals surface area contributed by atoms with Crippen molar-refractivity contribution < 1.29 is 9.59 Å². The van der Waals surface area contributed by atoms with Crippen LogP contribution in [0.5, 0.6) is 0 Å². The third-order valence-corrected chi connectivity index (χ3v) is 4.28. The van der Waals surface area contributed by atoms with E-state index in [1.807, 2.05) is 9.80 Å². The summed E-state index contributed by atoms with van der Waals surface area (Å²) in [7, 11) is 3.53. The van der Waals surface area contributed by atoms with Crippen molar-refractivity contribution in [1.29, 1.82) is 0 Å². The van der Waals surface area contributed by atoms with E-state index in [9.17, 15) is 9.59 Å². The zero-order valence-corrected chi connectivity index (χ0v) is 12.8. The first-order chi connectivity index (χ1) is 9.50. The second-order valence-corrected chi connectivity index (χ2v) is 6.02. The summed E-state index contributed by atoms with van der Waals surface area (Å²) in [6.07, 6.45) is 1.57. The molecule has 2 aliphatic heterocycles. The van der Waals surface area contributed by atoms with E-state index in [4.69, 9.17) is 0 Å².